The molecule has 0 saturated carbocycles. The number of nitrogens with zero attached hydrogens (tertiary/aromatic N) is 2. The van der Waals surface area contributed by atoms with Crippen molar-refractivity contribution in [3.05, 3.63) is 0 Å². The first-order valence-electron chi connectivity index (χ1n) is 5.59. The zero-order valence-electron chi connectivity index (χ0n) is 9.02. The normalized spacial score (nSPS) is 23.9. The van der Waals surface area contributed by atoms with E-state index in [1.807, 2.05) is 4.90 Å². The highest BCUT2D eigenvalue weighted by molar-refractivity contribution is 5.77. The summed E-state index contributed by atoms with van der Waals surface area (Å²) in [4.78, 5) is 15.7. The number of ether oxygens (including phenoxy) is 1. The van der Waals surface area contributed by atoms with Gasteiger partial charge in [0.25, 0.3) is 0 Å². The SMILES string of the molecule is NC1CN(C(=O)CCN2CCOCC2)C1. The van der Waals surface area contributed by atoms with Gasteiger partial charge in [0, 0.05) is 45.2 Å². The molecule has 15 heavy (non-hydrogen) atoms. The number of rotatable bonds is 3. The number of likely N-dealkylation sites (tertiary alicyclic amines) is 1. The van der Waals surface area contributed by atoms with Gasteiger partial charge in [0.05, 0.1) is 13.2 Å². The predicted molar refractivity (Wildman–Crippen MR) is 56.4 cm³/mol. The Kier molecular flexibility index (Phi) is 3.56. The number of nitrogens with two attached hydrogens (primary N) is 1. The van der Waals surface area contributed by atoms with E-state index in [9.17, 15) is 4.79 Å². The van der Waals surface area contributed by atoms with E-state index < -0.39 is 0 Å². The molecule has 2 saturated heterocycles. The van der Waals surface area contributed by atoms with E-state index in [-0.39, 0.29) is 11.9 Å². The number of hydrogen-bond acceptors (Lipinski definition) is 4. The van der Waals surface area contributed by atoms with Gasteiger partial charge in [0.15, 0.2) is 0 Å². The molecule has 5 heteroatoms. The smallest absolute Gasteiger partial charge is 0.223 e. The maximum atomic E-state index is 11.6. The summed E-state index contributed by atoms with van der Waals surface area (Å²) in [5, 5.41) is 0. The largest absolute Gasteiger partial charge is 0.379 e. The summed E-state index contributed by atoms with van der Waals surface area (Å²) in [5.74, 6) is 0.239. The Labute approximate surface area is 90.1 Å². The number of carbonyl (C=O) groups is 1. The minimum absolute atomic E-state index is 0.206. The molecule has 0 bridgehead atoms. The fourth-order valence-corrected chi connectivity index (χ4v) is 1.95. The average molecular weight is 213 g/mol. The molecule has 2 N–H and O–H groups in total. The molecule has 2 fully saturated rings. The molecule has 0 aromatic carbocycles. The summed E-state index contributed by atoms with van der Waals surface area (Å²) in [7, 11) is 0. The summed E-state index contributed by atoms with van der Waals surface area (Å²) < 4.78 is 5.25. The molecule has 2 aliphatic heterocycles. The Bertz CT molecular complexity index is 223. The first-order chi connectivity index (χ1) is 7.25. The van der Waals surface area contributed by atoms with Crippen molar-refractivity contribution in [3.8, 4) is 0 Å². The second-order valence-electron chi connectivity index (χ2n) is 4.26. The topological polar surface area (TPSA) is 58.8 Å². The monoisotopic (exact) mass is 213 g/mol. The van der Waals surface area contributed by atoms with Gasteiger partial charge in [0.1, 0.15) is 0 Å². The lowest BCUT2D eigenvalue weighted by molar-refractivity contribution is -0.136. The van der Waals surface area contributed by atoms with Crippen LogP contribution in [0.1, 0.15) is 6.42 Å². The molecule has 2 aliphatic rings. The first kappa shape index (κ1) is 10.9. The highest BCUT2D eigenvalue weighted by atomic mass is 16.5. The van der Waals surface area contributed by atoms with Crippen LogP contribution in [0.2, 0.25) is 0 Å². The van der Waals surface area contributed by atoms with Gasteiger partial charge in [0.2, 0.25) is 5.91 Å². The summed E-state index contributed by atoms with van der Waals surface area (Å²) in [6.45, 7) is 5.82. The van der Waals surface area contributed by atoms with E-state index in [0.717, 1.165) is 45.9 Å². The summed E-state index contributed by atoms with van der Waals surface area (Å²) in [6, 6.07) is 0.206. The van der Waals surface area contributed by atoms with Crippen LogP contribution < -0.4 is 5.73 Å². The Morgan fingerprint density at radius 2 is 2.00 bits per heavy atom. The Morgan fingerprint density at radius 3 is 2.60 bits per heavy atom. The molecule has 86 valence electrons. The Hall–Kier alpha value is -0.650. The van der Waals surface area contributed by atoms with E-state index in [4.69, 9.17) is 10.5 Å². The van der Waals surface area contributed by atoms with Gasteiger partial charge < -0.3 is 15.4 Å². The maximum absolute atomic E-state index is 11.6. The molecule has 2 rings (SSSR count). The van der Waals surface area contributed by atoms with Crippen molar-refractivity contribution in [3.63, 3.8) is 0 Å². The molecule has 0 aromatic rings. The van der Waals surface area contributed by atoms with Gasteiger partial charge >= 0.3 is 0 Å². The maximum Gasteiger partial charge on any atom is 0.223 e. The van der Waals surface area contributed by atoms with Crippen molar-refractivity contribution in [2.75, 3.05) is 45.9 Å². The van der Waals surface area contributed by atoms with Crippen LogP contribution in [0.4, 0.5) is 0 Å². The lowest BCUT2D eigenvalue weighted by atomic mass is 10.1. The van der Waals surface area contributed by atoms with Crippen LogP contribution >= 0.6 is 0 Å². The average Bonchev–Trinajstić information content (AvgIpc) is 2.23. The lowest BCUT2D eigenvalue weighted by Crippen LogP contribution is -2.58. The van der Waals surface area contributed by atoms with Crippen LogP contribution in [0.3, 0.4) is 0 Å². The Morgan fingerprint density at radius 1 is 1.33 bits per heavy atom. The lowest BCUT2D eigenvalue weighted by Gasteiger charge is -2.37. The zero-order chi connectivity index (χ0) is 10.7. The van der Waals surface area contributed by atoms with Crippen LogP contribution in [0.15, 0.2) is 0 Å². The van der Waals surface area contributed by atoms with Crippen LogP contribution in [0.25, 0.3) is 0 Å². The second kappa shape index (κ2) is 4.92. The molecular formula is C10H19N3O2. The molecule has 1 amide bonds. The van der Waals surface area contributed by atoms with Crippen molar-refractivity contribution < 1.29 is 9.53 Å². The first-order valence-corrected chi connectivity index (χ1v) is 5.59. The van der Waals surface area contributed by atoms with E-state index >= 15 is 0 Å². The number of amides is 1. The number of carbonyl (C=O) groups excluding carboxylic acids is 1. The van der Waals surface area contributed by atoms with Crippen LogP contribution in [-0.2, 0) is 9.53 Å². The van der Waals surface area contributed by atoms with Crippen molar-refractivity contribution >= 4 is 5.91 Å². The molecule has 0 spiro atoms. The minimum Gasteiger partial charge on any atom is -0.379 e. The second-order valence-corrected chi connectivity index (χ2v) is 4.26. The quantitative estimate of drug-likeness (QED) is 0.645. The van der Waals surface area contributed by atoms with Gasteiger partial charge in [-0.15, -0.1) is 0 Å². The van der Waals surface area contributed by atoms with Crippen LogP contribution in [0, 0.1) is 0 Å². The predicted octanol–water partition coefficient (Wildman–Crippen LogP) is -1.12. The number of morpholine rings is 1. The van der Waals surface area contributed by atoms with Crippen LogP contribution in [-0.4, -0.2) is 67.7 Å². The van der Waals surface area contributed by atoms with Gasteiger partial charge in [-0.25, -0.2) is 0 Å². The van der Waals surface area contributed by atoms with E-state index in [1.54, 1.807) is 0 Å². The van der Waals surface area contributed by atoms with E-state index in [1.165, 1.54) is 0 Å². The van der Waals surface area contributed by atoms with Crippen LogP contribution in [0.5, 0.6) is 0 Å². The van der Waals surface area contributed by atoms with Gasteiger partial charge in [-0.05, 0) is 0 Å². The molecule has 2 heterocycles. The van der Waals surface area contributed by atoms with Crippen molar-refractivity contribution in [2.45, 2.75) is 12.5 Å². The molecule has 0 unspecified atom stereocenters. The molecule has 0 atom stereocenters. The third kappa shape index (κ3) is 2.90. The minimum atomic E-state index is 0.206. The zero-order valence-corrected chi connectivity index (χ0v) is 9.02. The third-order valence-corrected chi connectivity index (χ3v) is 3.01. The third-order valence-electron chi connectivity index (χ3n) is 3.01. The number of hydrogen-bond donors (Lipinski definition) is 1. The summed E-state index contributed by atoms with van der Waals surface area (Å²) in [6.07, 6.45) is 0.618. The summed E-state index contributed by atoms with van der Waals surface area (Å²) in [5.41, 5.74) is 5.62. The van der Waals surface area contributed by atoms with Gasteiger partial charge in [-0.2, -0.15) is 0 Å². The van der Waals surface area contributed by atoms with E-state index in [2.05, 4.69) is 4.90 Å². The van der Waals surface area contributed by atoms with Gasteiger partial charge in [-0.1, -0.05) is 0 Å². The fraction of sp³-hybridized carbons (Fsp3) is 0.900. The molecule has 0 radical (unpaired) electrons. The fourth-order valence-electron chi connectivity index (χ4n) is 1.95. The Balaban J connectivity index is 1.62. The van der Waals surface area contributed by atoms with Crippen molar-refractivity contribution in [2.24, 2.45) is 5.73 Å². The van der Waals surface area contributed by atoms with E-state index in [0.29, 0.717) is 6.42 Å². The molecule has 0 aromatic heterocycles. The molecule has 5 nitrogen and oxygen atoms in total. The summed E-state index contributed by atoms with van der Waals surface area (Å²) >= 11 is 0. The molecule has 0 aliphatic carbocycles. The molecular weight excluding hydrogens is 194 g/mol. The standard InChI is InChI=1S/C10H19N3O2/c11-9-7-13(8-9)10(14)1-2-12-3-5-15-6-4-12/h9H,1-8,11H2. The highest BCUT2D eigenvalue weighted by Crippen LogP contribution is 2.08. The van der Waals surface area contributed by atoms with Gasteiger partial charge in [-0.3, -0.25) is 9.69 Å². The highest BCUT2D eigenvalue weighted by Gasteiger charge is 2.27. The van der Waals surface area contributed by atoms with Crippen molar-refractivity contribution in [1.82, 2.24) is 9.80 Å². The van der Waals surface area contributed by atoms with Crippen molar-refractivity contribution in [1.29, 1.82) is 0 Å².